The topological polar surface area (TPSA) is 97.5 Å². The van der Waals surface area contributed by atoms with Gasteiger partial charge < -0.3 is 14.9 Å². The molecule has 3 N–H and O–H groups in total. The molecule has 7 nitrogen and oxygen atoms in total. The van der Waals surface area contributed by atoms with Gasteiger partial charge in [0.2, 0.25) is 0 Å². The van der Waals surface area contributed by atoms with Gasteiger partial charge in [0.15, 0.2) is 0 Å². The van der Waals surface area contributed by atoms with Crippen LogP contribution in [0.1, 0.15) is 19.5 Å². The minimum atomic E-state index is -0.332. The van der Waals surface area contributed by atoms with E-state index in [2.05, 4.69) is 41.7 Å². The molecule has 0 aliphatic heterocycles. The summed E-state index contributed by atoms with van der Waals surface area (Å²) >= 11 is 0. The van der Waals surface area contributed by atoms with E-state index in [1.54, 1.807) is 4.57 Å². The third-order valence-electron chi connectivity index (χ3n) is 6.84. The van der Waals surface area contributed by atoms with Gasteiger partial charge in [-0.3, -0.25) is 9.55 Å². The van der Waals surface area contributed by atoms with Gasteiger partial charge in [-0.1, -0.05) is 50.2 Å². The van der Waals surface area contributed by atoms with Crippen LogP contribution in [-0.2, 0) is 13.6 Å². The molecule has 3 aromatic heterocycles. The Bertz CT molecular complexity index is 1600. The number of imidazole rings is 1. The lowest BCUT2D eigenvalue weighted by Gasteiger charge is -2.20. The summed E-state index contributed by atoms with van der Waals surface area (Å²) in [5.41, 5.74) is 10.2. The van der Waals surface area contributed by atoms with Gasteiger partial charge >= 0.3 is 5.69 Å². The highest BCUT2D eigenvalue weighted by molar-refractivity contribution is 5.98. The molecule has 7 heteroatoms. The lowest BCUT2D eigenvalue weighted by atomic mass is 9.96. The summed E-state index contributed by atoms with van der Waals surface area (Å²) in [6.07, 6.45) is 3.99. The predicted octanol–water partition coefficient (Wildman–Crippen LogP) is 4.38. The minimum absolute atomic E-state index is 0.250. The van der Waals surface area contributed by atoms with Crippen LogP contribution in [0.4, 0.5) is 0 Å². The average molecular weight is 453 g/mol. The highest BCUT2D eigenvalue weighted by Gasteiger charge is 2.24. The van der Waals surface area contributed by atoms with Crippen molar-refractivity contribution in [3.63, 3.8) is 0 Å². The fraction of sp³-hybridized carbons (Fsp3) is 0.259. The number of nitrogens with one attached hydrogen (secondary N) is 1. The molecule has 0 aliphatic rings. The maximum Gasteiger partial charge on any atom is 0.331 e. The number of aromatic nitrogens is 4. The van der Waals surface area contributed by atoms with Gasteiger partial charge in [0.05, 0.1) is 11.4 Å². The van der Waals surface area contributed by atoms with Crippen molar-refractivity contribution in [3.8, 4) is 23.0 Å². The molecule has 5 aromatic rings. The fourth-order valence-electron chi connectivity index (χ4n) is 4.90. The van der Waals surface area contributed by atoms with E-state index >= 15 is 0 Å². The number of benzene rings is 2. The largest absolute Gasteiger partial charge is 0.348 e. The Morgan fingerprint density at radius 2 is 1.71 bits per heavy atom. The molecule has 172 valence electrons. The number of hydrogen-bond donors (Lipinski definition) is 2. The van der Waals surface area contributed by atoms with Crippen LogP contribution < -0.4 is 11.4 Å². The first-order valence-corrected chi connectivity index (χ1v) is 11.5. The first-order valence-electron chi connectivity index (χ1n) is 11.5. The van der Waals surface area contributed by atoms with E-state index in [-0.39, 0.29) is 11.4 Å². The number of nitriles is 1. The van der Waals surface area contributed by atoms with Crippen molar-refractivity contribution in [2.75, 3.05) is 6.54 Å². The van der Waals surface area contributed by atoms with Crippen molar-refractivity contribution in [1.29, 1.82) is 5.26 Å². The summed E-state index contributed by atoms with van der Waals surface area (Å²) in [6, 6.07) is 18.3. The van der Waals surface area contributed by atoms with E-state index in [0.29, 0.717) is 24.1 Å². The van der Waals surface area contributed by atoms with E-state index in [4.69, 9.17) is 5.73 Å². The Morgan fingerprint density at radius 1 is 1.03 bits per heavy atom. The Hall–Kier alpha value is -4.02. The first kappa shape index (κ1) is 21.8. The molecule has 0 saturated carbocycles. The molecule has 2 aromatic carbocycles. The molecular weight excluding hydrogens is 424 g/mol. The van der Waals surface area contributed by atoms with Gasteiger partial charge in [-0.25, -0.2) is 4.79 Å². The Labute approximate surface area is 197 Å². The second-order valence-electron chi connectivity index (χ2n) is 9.20. The highest BCUT2D eigenvalue weighted by atomic mass is 16.1. The molecule has 1 unspecified atom stereocenters. The van der Waals surface area contributed by atoms with Crippen LogP contribution >= 0.6 is 0 Å². The third-order valence-corrected chi connectivity index (χ3v) is 6.84. The van der Waals surface area contributed by atoms with Crippen LogP contribution in [-0.4, -0.2) is 25.2 Å². The van der Waals surface area contributed by atoms with Crippen molar-refractivity contribution in [3.05, 3.63) is 77.1 Å². The normalized spacial score (nSPS) is 12.6. The van der Waals surface area contributed by atoms with Gasteiger partial charge in [-0.05, 0) is 30.5 Å². The Kier molecular flexibility index (Phi) is 5.39. The molecule has 0 spiro atoms. The SMILES string of the molecule is CC(C)C(CN)Cn1cc(-c2c(C#N)[nH]c(=O)n2-c2cn(C)c3ccccc23)c2ccccc21. The fourth-order valence-corrected chi connectivity index (χ4v) is 4.90. The lowest BCUT2D eigenvalue weighted by Crippen LogP contribution is -2.24. The summed E-state index contributed by atoms with van der Waals surface area (Å²) in [4.78, 5) is 16.0. The number of aromatic amines is 1. The second-order valence-corrected chi connectivity index (χ2v) is 9.20. The molecule has 0 amide bonds. The van der Waals surface area contributed by atoms with Crippen molar-refractivity contribution < 1.29 is 0 Å². The van der Waals surface area contributed by atoms with Gasteiger partial charge in [-0.2, -0.15) is 5.26 Å². The van der Waals surface area contributed by atoms with Crippen molar-refractivity contribution in [2.24, 2.45) is 24.6 Å². The predicted molar refractivity (Wildman–Crippen MR) is 136 cm³/mol. The standard InChI is InChI=1S/C27H28N6O/c1-17(2)18(12-28)14-32-15-21(19-8-4-7-11-24(19)32)26-22(13-29)30-27(34)33(26)25-16-31(3)23-10-6-5-9-20(23)25/h4-11,15-18H,12,14,28H2,1-3H3,(H,30,34). The maximum atomic E-state index is 13.2. The van der Waals surface area contributed by atoms with Crippen molar-refractivity contribution in [1.82, 2.24) is 18.7 Å². The van der Waals surface area contributed by atoms with Crippen LogP contribution in [0.15, 0.2) is 65.7 Å². The van der Waals surface area contributed by atoms with Gasteiger partial charge in [0, 0.05) is 53.4 Å². The van der Waals surface area contributed by atoms with Crippen LogP contribution in [0.3, 0.4) is 0 Å². The maximum absolute atomic E-state index is 13.2. The monoisotopic (exact) mass is 452 g/mol. The Morgan fingerprint density at radius 3 is 2.38 bits per heavy atom. The number of nitrogens with zero attached hydrogens (tertiary/aromatic N) is 4. The third kappa shape index (κ3) is 3.35. The molecule has 0 fully saturated rings. The van der Waals surface area contributed by atoms with Crippen LogP contribution in [0, 0.1) is 23.2 Å². The average Bonchev–Trinajstić information content (AvgIpc) is 3.48. The summed E-state index contributed by atoms with van der Waals surface area (Å²) in [7, 11) is 1.96. The lowest BCUT2D eigenvalue weighted by molar-refractivity contribution is 0.348. The summed E-state index contributed by atoms with van der Waals surface area (Å²) in [5.74, 6) is 0.746. The van der Waals surface area contributed by atoms with Gasteiger partial charge in [0.25, 0.3) is 0 Å². The minimum Gasteiger partial charge on any atom is -0.348 e. The van der Waals surface area contributed by atoms with E-state index in [1.807, 2.05) is 60.3 Å². The molecule has 0 aliphatic carbocycles. The number of aryl methyl sites for hydroxylation is 1. The number of fused-ring (bicyclic) bond motifs is 2. The highest BCUT2D eigenvalue weighted by Crippen LogP contribution is 2.35. The van der Waals surface area contributed by atoms with E-state index < -0.39 is 0 Å². The van der Waals surface area contributed by atoms with Gasteiger partial charge in [0.1, 0.15) is 11.8 Å². The van der Waals surface area contributed by atoms with Crippen molar-refractivity contribution >= 4 is 21.8 Å². The second kappa shape index (κ2) is 8.40. The molecule has 0 radical (unpaired) electrons. The van der Waals surface area contributed by atoms with Crippen LogP contribution in [0.5, 0.6) is 0 Å². The number of hydrogen-bond acceptors (Lipinski definition) is 3. The van der Waals surface area contributed by atoms with Gasteiger partial charge in [-0.15, -0.1) is 0 Å². The zero-order valence-corrected chi connectivity index (χ0v) is 19.6. The first-order chi connectivity index (χ1) is 16.4. The molecule has 0 bridgehead atoms. The number of para-hydroxylation sites is 2. The van der Waals surface area contributed by atoms with E-state index in [0.717, 1.165) is 39.6 Å². The number of H-pyrrole nitrogens is 1. The molecular formula is C27H28N6O. The van der Waals surface area contributed by atoms with E-state index in [9.17, 15) is 10.1 Å². The van der Waals surface area contributed by atoms with E-state index in [1.165, 1.54) is 0 Å². The number of rotatable bonds is 6. The smallest absolute Gasteiger partial charge is 0.331 e. The zero-order chi connectivity index (χ0) is 24.0. The quantitative estimate of drug-likeness (QED) is 0.400. The summed E-state index contributed by atoms with van der Waals surface area (Å²) in [6.45, 7) is 5.72. The summed E-state index contributed by atoms with van der Waals surface area (Å²) < 4.78 is 5.84. The Balaban J connectivity index is 1.80. The number of nitrogens with two attached hydrogens (primary N) is 1. The molecule has 3 heterocycles. The van der Waals surface area contributed by atoms with Crippen LogP contribution in [0.2, 0.25) is 0 Å². The molecule has 5 rings (SSSR count). The van der Waals surface area contributed by atoms with Crippen molar-refractivity contribution in [2.45, 2.75) is 20.4 Å². The summed E-state index contributed by atoms with van der Waals surface area (Å²) in [5, 5.41) is 11.9. The molecule has 0 saturated heterocycles. The molecule has 34 heavy (non-hydrogen) atoms. The molecule has 1 atom stereocenters. The zero-order valence-electron chi connectivity index (χ0n) is 19.6. The van der Waals surface area contributed by atoms with Crippen LogP contribution in [0.25, 0.3) is 38.8 Å².